The molecule has 21 heavy (non-hydrogen) atoms. The summed E-state index contributed by atoms with van der Waals surface area (Å²) in [5.41, 5.74) is 7.49. The zero-order chi connectivity index (χ0) is 15.8. The predicted octanol–water partition coefficient (Wildman–Crippen LogP) is -0.211. The van der Waals surface area contributed by atoms with E-state index < -0.39 is 0 Å². The molecule has 6 nitrogen and oxygen atoms in total. The largest absolute Gasteiger partial charge is 0.353 e. The van der Waals surface area contributed by atoms with Gasteiger partial charge >= 0.3 is 0 Å². The molecule has 1 rings (SSSR count). The van der Waals surface area contributed by atoms with Crippen LogP contribution in [0.5, 0.6) is 0 Å². The fourth-order valence-electron chi connectivity index (χ4n) is 1.91. The van der Waals surface area contributed by atoms with Crippen molar-refractivity contribution in [2.24, 2.45) is 5.73 Å². The highest BCUT2D eigenvalue weighted by atomic mass is 16.2. The highest BCUT2D eigenvalue weighted by Gasteiger charge is 2.15. The van der Waals surface area contributed by atoms with Gasteiger partial charge in [0.2, 0.25) is 11.8 Å². The lowest BCUT2D eigenvalue weighted by atomic mass is 10.0. The van der Waals surface area contributed by atoms with Crippen LogP contribution in [0, 0.1) is 6.92 Å². The molecule has 0 aromatic heterocycles. The van der Waals surface area contributed by atoms with Crippen molar-refractivity contribution in [2.75, 3.05) is 33.7 Å². The first-order valence-electron chi connectivity index (χ1n) is 6.90. The van der Waals surface area contributed by atoms with Crippen LogP contribution in [-0.4, -0.2) is 50.4 Å². The summed E-state index contributed by atoms with van der Waals surface area (Å²) < 4.78 is 0. The van der Waals surface area contributed by atoms with E-state index >= 15 is 0 Å². The van der Waals surface area contributed by atoms with Gasteiger partial charge in [0, 0.05) is 6.54 Å². The second-order valence-electron chi connectivity index (χ2n) is 5.18. The Morgan fingerprint density at radius 3 is 2.29 bits per heavy atom. The molecule has 0 aliphatic carbocycles. The maximum absolute atomic E-state index is 11.7. The number of hydrogen-bond donors (Lipinski definition) is 3. The van der Waals surface area contributed by atoms with Crippen molar-refractivity contribution in [1.29, 1.82) is 0 Å². The number of carbonyl (C=O) groups excluding carboxylic acids is 2. The second kappa shape index (κ2) is 8.39. The number of hydrogen-bond acceptors (Lipinski definition) is 4. The standard InChI is InChI=1S/C15H24N4O2/c1-11-4-6-12(7-5-11)13(19(2)3)9-17-15(21)10-18-14(20)8-16/h4-7,13H,8-10,16H2,1-3H3,(H,17,21)(H,18,20). The summed E-state index contributed by atoms with van der Waals surface area (Å²) in [6, 6.07) is 8.30. The Bertz CT molecular complexity index is 471. The van der Waals surface area contributed by atoms with Crippen LogP contribution in [0.3, 0.4) is 0 Å². The molecule has 1 atom stereocenters. The summed E-state index contributed by atoms with van der Waals surface area (Å²) in [4.78, 5) is 24.7. The number of likely N-dealkylation sites (N-methyl/N-ethyl adjacent to an activating group) is 1. The molecule has 0 saturated carbocycles. The summed E-state index contributed by atoms with van der Waals surface area (Å²) in [6.45, 7) is 2.35. The van der Waals surface area contributed by atoms with Gasteiger partial charge in [-0.1, -0.05) is 29.8 Å². The first kappa shape index (κ1) is 17.1. The summed E-state index contributed by atoms with van der Waals surface area (Å²) in [6.07, 6.45) is 0. The van der Waals surface area contributed by atoms with Crippen molar-refractivity contribution in [3.8, 4) is 0 Å². The van der Waals surface area contributed by atoms with Crippen molar-refractivity contribution < 1.29 is 9.59 Å². The van der Waals surface area contributed by atoms with Gasteiger partial charge in [0.25, 0.3) is 0 Å². The number of nitrogens with two attached hydrogens (primary N) is 1. The zero-order valence-corrected chi connectivity index (χ0v) is 12.8. The number of rotatable bonds is 7. The molecule has 1 unspecified atom stereocenters. The maximum atomic E-state index is 11.7. The maximum Gasteiger partial charge on any atom is 0.239 e. The minimum Gasteiger partial charge on any atom is -0.353 e. The van der Waals surface area contributed by atoms with E-state index in [0.717, 1.165) is 5.56 Å². The molecule has 2 amide bonds. The Labute approximate surface area is 125 Å². The van der Waals surface area contributed by atoms with Gasteiger partial charge in [-0.05, 0) is 26.6 Å². The van der Waals surface area contributed by atoms with Gasteiger partial charge in [0.15, 0.2) is 0 Å². The minimum absolute atomic E-state index is 0.0515. The van der Waals surface area contributed by atoms with Gasteiger partial charge in [-0.3, -0.25) is 9.59 Å². The fraction of sp³-hybridized carbons (Fsp3) is 0.467. The fourth-order valence-corrected chi connectivity index (χ4v) is 1.91. The second-order valence-corrected chi connectivity index (χ2v) is 5.18. The molecule has 0 fully saturated rings. The smallest absolute Gasteiger partial charge is 0.239 e. The van der Waals surface area contributed by atoms with Crippen LogP contribution in [0.1, 0.15) is 17.2 Å². The molecule has 116 valence electrons. The molecular formula is C15H24N4O2. The van der Waals surface area contributed by atoms with Crippen LogP contribution in [-0.2, 0) is 9.59 Å². The molecule has 4 N–H and O–H groups in total. The van der Waals surface area contributed by atoms with Gasteiger partial charge < -0.3 is 21.3 Å². The lowest BCUT2D eigenvalue weighted by Crippen LogP contribution is -2.42. The van der Waals surface area contributed by atoms with E-state index in [1.165, 1.54) is 5.56 Å². The van der Waals surface area contributed by atoms with Crippen molar-refractivity contribution in [3.63, 3.8) is 0 Å². The lowest BCUT2D eigenvalue weighted by Gasteiger charge is -2.25. The Morgan fingerprint density at radius 1 is 1.14 bits per heavy atom. The quantitative estimate of drug-likeness (QED) is 0.649. The Kier molecular flexibility index (Phi) is 6.84. The van der Waals surface area contributed by atoms with Crippen LogP contribution in [0.15, 0.2) is 24.3 Å². The molecule has 1 aromatic rings. The molecule has 0 spiro atoms. The summed E-state index contributed by atoms with van der Waals surface area (Å²) in [5, 5.41) is 5.26. The number of carbonyl (C=O) groups is 2. The number of aryl methyl sites for hydroxylation is 1. The monoisotopic (exact) mass is 292 g/mol. The topological polar surface area (TPSA) is 87.5 Å². The van der Waals surface area contributed by atoms with E-state index in [1.54, 1.807) is 0 Å². The third-order valence-electron chi connectivity index (χ3n) is 3.21. The van der Waals surface area contributed by atoms with Crippen molar-refractivity contribution in [3.05, 3.63) is 35.4 Å². The number of nitrogens with one attached hydrogen (secondary N) is 2. The highest BCUT2D eigenvalue weighted by molar-refractivity contribution is 5.85. The van der Waals surface area contributed by atoms with Crippen molar-refractivity contribution in [2.45, 2.75) is 13.0 Å². The number of benzene rings is 1. The first-order valence-corrected chi connectivity index (χ1v) is 6.90. The third kappa shape index (κ3) is 5.93. The van der Waals surface area contributed by atoms with Crippen LogP contribution in [0.25, 0.3) is 0 Å². The van der Waals surface area contributed by atoms with Crippen LogP contribution in [0.4, 0.5) is 0 Å². The Balaban J connectivity index is 2.54. The summed E-state index contributed by atoms with van der Waals surface area (Å²) >= 11 is 0. The summed E-state index contributed by atoms with van der Waals surface area (Å²) in [5.74, 6) is -0.566. The molecule has 0 radical (unpaired) electrons. The zero-order valence-electron chi connectivity index (χ0n) is 12.8. The van der Waals surface area contributed by atoms with Gasteiger partial charge in [0.05, 0.1) is 19.1 Å². The van der Waals surface area contributed by atoms with Crippen molar-refractivity contribution >= 4 is 11.8 Å². The van der Waals surface area contributed by atoms with E-state index in [-0.39, 0.29) is 30.9 Å². The van der Waals surface area contributed by atoms with E-state index in [0.29, 0.717) is 6.54 Å². The molecular weight excluding hydrogens is 268 g/mol. The van der Waals surface area contributed by atoms with Gasteiger partial charge in [0.1, 0.15) is 0 Å². The van der Waals surface area contributed by atoms with Crippen molar-refractivity contribution in [1.82, 2.24) is 15.5 Å². The van der Waals surface area contributed by atoms with Crippen LogP contribution >= 0.6 is 0 Å². The third-order valence-corrected chi connectivity index (χ3v) is 3.21. The molecule has 0 bridgehead atoms. The highest BCUT2D eigenvalue weighted by Crippen LogP contribution is 2.17. The molecule has 0 aliphatic heterocycles. The average molecular weight is 292 g/mol. The molecule has 6 heteroatoms. The molecule has 1 aromatic carbocycles. The summed E-state index contributed by atoms with van der Waals surface area (Å²) in [7, 11) is 3.93. The van der Waals surface area contributed by atoms with E-state index in [4.69, 9.17) is 5.73 Å². The van der Waals surface area contributed by atoms with Crippen LogP contribution < -0.4 is 16.4 Å². The van der Waals surface area contributed by atoms with Gasteiger partial charge in [-0.25, -0.2) is 0 Å². The normalized spacial score (nSPS) is 12.0. The minimum atomic E-state index is -0.340. The van der Waals surface area contributed by atoms with Crippen LogP contribution in [0.2, 0.25) is 0 Å². The average Bonchev–Trinajstić information content (AvgIpc) is 2.46. The van der Waals surface area contributed by atoms with Gasteiger partial charge in [-0.15, -0.1) is 0 Å². The van der Waals surface area contributed by atoms with E-state index in [9.17, 15) is 9.59 Å². The molecule has 0 aliphatic rings. The SMILES string of the molecule is Cc1ccc(C(CNC(=O)CNC(=O)CN)N(C)C)cc1. The van der Waals surface area contributed by atoms with E-state index in [1.807, 2.05) is 25.9 Å². The van der Waals surface area contributed by atoms with E-state index in [2.05, 4.69) is 34.9 Å². The number of amides is 2. The van der Waals surface area contributed by atoms with Gasteiger partial charge in [-0.2, -0.15) is 0 Å². The number of nitrogens with zero attached hydrogens (tertiary/aromatic N) is 1. The molecule has 0 saturated heterocycles. The lowest BCUT2D eigenvalue weighted by molar-refractivity contribution is -0.125. The Morgan fingerprint density at radius 2 is 1.76 bits per heavy atom. The molecule has 0 heterocycles. The first-order chi connectivity index (χ1) is 9.93. The Hall–Kier alpha value is -1.92. The predicted molar refractivity (Wildman–Crippen MR) is 82.7 cm³/mol.